The van der Waals surface area contributed by atoms with Crippen LogP contribution in [0, 0.1) is 29.4 Å². The van der Waals surface area contributed by atoms with Gasteiger partial charge in [-0.15, -0.1) is 0 Å². The predicted octanol–water partition coefficient (Wildman–Crippen LogP) is 6.72. The fourth-order valence-corrected chi connectivity index (χ4v) is 4.04. The molecule has 0 amide bonds. The van der Waals surface area contributed by atoms with Gasteiger partial charge in [-0.05, 0) is 92.3 Å². The highest BCUT2D eigenvalue weighted by Gasteiger charge is 2.23. The molecule has 148 valence electrons. The molecular weight excluding hydrogens is 378 g/mol. The van der Waals surface area contributed by atoms with Gasteiger partial charge in [0.1, 0.15) is 11.6 Å². The molecule has 1 saturated carbocycles. The lowest BCUT2D eigenvalue weighted by Gasteiger charge is -2.29. The van der Waals surface area contributed by atoms with E-state index in [1.54, 1.807) is 31.4 Å². The van der Waals surface area contributed by atoms with E-state index in [0.29, 0.717) is 16.5 Å². The van der Waals surface area contributed by atoms with Crippen LogP contribution in [0.15, 0.2) is 36.4 Å². The maximum atomic E-state index is 14.5. The van der Waals surface area contributed by atoms with E-state index in [4.69, 9.17) is 16.3 Å². The molecule has 0 bridgehead atoms. The van der Waals surface area contributed by atoms with Crippen LogP contribution in [0.5, 0.6) is 0 Å². The van der Waals surface area contributed by atoms with Gasteiger partial charge in [0.15, 0.2) is 0 Å². The van der Waals surface area contributed by atoms with Crippen molar-refractivity contribution in [2.45, 2.75) is 44.4 Å². The molecule has 0 radical (unpaired) electrons. The summed E-state index contributed by atoms with van der Waals surface area (Å²) in [6.45, 7) is 0.800. The Kier molecular flexibility index (Phi) is 7.48. The van der Waals surface area contributed by atoms with Gasteiger partial charge in [0.05, 0.1) is 5.56 Å². The zero-order valence-corrected chi connectivity index (χ0v) is 16.9. The molecule has 0 saturated heterocycles. The Morgan fingerprint density at radius 3 is 2.25 bits per heavy atom. The van der Waals surface area contributed by atoms with Crippen molar-refractivity contribution in [1.29, 1.82) is 0 Å². The lowest BCUT2D eigenvalue weighted by Crippen LogP contribution is -2.14. The molecule has 0 heterocycles. The van der Waals surface area contributed by atoms with Gasteiger partial charge in [0.2, 0.25) is 0 Å². The molecule has 2 aromatic carbocycles. The van der Waals surface area contributed by atoms with Gasteiger partial charge in [0, 0.05) is 24.3 Å². The first kappa shape index (κ1) is 20.8. The average Bonchev–Trinajstić information content (AvgIpc) is 2.69. The van der Waals surface area contributed by atoms with Crippen molar-refractivity contribution in [2.24, 2.45) is 5.92 Å². The largest absolute Gasteiger partial charge is 0.385 e. The van der Waals surface area contributed by atoms with Crippen LogP contribution < -0.4 is 0 Å². The fraction of sp³-hybridized carbons (Fsp3) is 0.417. The Morgan fingerprint density at radius 2 is 1.64 bits per heavy atom. The second-order valence-corrected chi connectivity index (χ2v) is 7.91. The number of hydrogen-bond acceptors (Lipinski definition) is 1. The Balaban J connectivity index is 1.67. The van der Waals surface area contributed by atoms with E-state index in [1.165, 1.54) is 18.6 Å². The van der Waals surface area contributed by atoms with Gasteiger partial charge in [-0.25, -0.2) is 8.78 Å². The third kappa shape index (κ3) is 5.56. The quantitative estimate of drug-likeness (QED) is 0.398. The first-order valence-electron chi connectivity index (χ1n) is 9.82. The summed E-state index contributed by atoms with van der Waals surface area (Å²) in [5.74, 6) is 5.18. The van der Waals surface area contributed by atoms with Crippen LogP contribution in [0.4, 0.5) is 8.78 Å². The van der Waals surface area contributed by atoms with E-state index in [0.717, 1.165) is 44.3 Å². The molecule has 3 rings (SSSR count). The Bertz CT molecular complexity index is 820. The van der Waals surface area contributed by atoms with Crippen LogP contribution in [-0.2, 0) is 4.74 Å². The smallest absolute Gasteiger partial charge is 0.142 e. The average molecular weight is 403 g/mol. The van der Waals surface area contributed by atoms with Crippen LogP contribution in [0.1, 0.15) is 61.1 Å². The third-order valence-corrected chi connectivity index (χ3v) is 5.77. The summed E-state index contributed by atoms with van der Waals surface area (Å²) in [6, 6.07) is 9.78. The van der Waals surface area contributed by atoms with Crippen molar-refractivity contribution in [1.82, 2.24) is 0 Å². The van der Waals surface area contributed by atoms with E-state index in [2.05, 4.69) is 11.8 Å². The molecule has 0 aromatic heterocycles. The summed E-state index contributed by atoms with van der Waals surface area (Å²) < 4.78 is 34.2. The third-order valence-electron chi connectivity index (χ3n) is 5.52. The Hall–Kier alpha value is -1.89. The van der Waals surface area contributed by atoms with Gasteiger partial charge >= 0.3 is 0 Å². The zero-order chi connectivity index (χ0) is 19.9. The van der Waals surface area contributed by atoms with Crippen molar-refractivity contribution in [3.8, 4) is 11.8 Å². The molecule has 4 heteroatoms. The first-order valence-corrected chi connectivity index (χ1v) is 10.2. The van der Waals surface area contributed by atoms with Crippen LogP contribution in [-0.4, -0.2) is 13.7 Å². The zero-order valence-electron chi connectivity index (χ0n) is 16.1. The molecule has 1 fully saturated rings. The molecule has 0 spiro atoms. The monoisotopic (exact) mass is 402 g/mol. The molecule has 2 aromatic rings. The Morgan fingerprint density at radius 1 is 1.00 bits per heavy atom. The lowest BCUT2D eigenvalue weighted by molar-refractivity contribution is 0.180. The second kappa shape index (κ2) is 10.0. The molecule has 0 atom stereocenters. The van der Waals surface area contributed by atoms with Gasteiger partial charge in [-0.3, -0.25) is 0 Å². The minimum absolute atomic E-state index is 0.174. The second-order valence-electron chi connectivity index (χ2n) is 7.47. The number of hydrogen-bond donors (Lipinski definition) is 0. The van der Waals surface area contributed by atoms with Crippen LogP contribution in [0.25, 0.3) is 0 Å². The topological polar surface area (TPSA) is 9.23 Å². The molecule has 1 aliphatic rings. The van der Waals surface area contributed by atoms with Gasteiger partial charge in [-0.1, -0.05) is 23.4 Å². The van der Waals surface area contributed by atoms with Gasteiger partial charge in [-0.2, -0.15) is 0 Å². The number of halogens is 3. The summed E-state index contributed by atoms with van der Waals surface area (Å²) >= 11 is 5.84. The van der Waals surface area contributed by atoms with E-state index >= 15 is 0 Å². The summed E-state index contributed by atoms with van der Waals surface area (Å²) in [7, 11) is 1.73. The van der Waals surface area contributed by atoms with Crippen molar-refractivity contribution < 1.29 is 13.5 Å². The van der Waals surface area contributed by atoms with Crippen LogP contribution >= 0.6 is 11.6 Å². The standard InChI is InChI=1S/C24H25ClF2O/c1-28-14-2-3-17-4-9-19(10-5-17)20-15-23(26)22(24(27)16-20)13-8-18-6-11-21(25)12-7-18/h6-7,11-12,15-17,19H,2-5,9-10,14H2,1H3. The maximum absolute atomic E-state index is 14.5. The van der Waals surface area contributed by atoms with E-state index in [9.17, 15) is 8.78 Å². The Labute approximate surface area is 171 Å². The summed E-state index contributed by atoms with van der Waals surface area (Å²) in [6.07, 6.45) is 6.42. The molecule has 1 aliphatic carbocycles. The molecule has 1 nitrogen and oxygen atoms in total. The van der Waals surface area contributed by atoms with Crippen LogP contribution in [0.3, 0.4) is 0 Å². The molecule has 0 aliphatic heterocycles. The summed E-state index contributed by atoms with van der Waals surface area (Å²) in [5.41, 5.74) is 1.24. The number of methoxy groups -OCH3 is 1. The first-order chi connectivity index (χ1) is 13.6. The summed E-state index contributed by atoms with van der Waals surface area (Å²) in [5, 5.41) is 0.598. The SMILES string of the molecule is COCCCC1CCC(c2cc(F)c(C#Cc3ccc(Cl)cc3)c(F)c2)CC1. The van der Waals surface area contributed by atoms with Crippen molar-refractivity contribution in [3.63, 3.8) is 0 Å². The normalized spacial score (nSPS) is 19.1. The fourth-order valence-electron chi connectivity index (χ4n) is 3.92. The maximum Gasteiger partial charge on any atom is 0.142 e. The van der Waals surface area contributed by atoms with Crippen molar-refractivity contribution in [2.75, 3.05) is 13.7 Å². The van der Waals surface area contributed by atoms with Gasteiger partial charge < -0.3 is 4.74 Å². The molecule has 0 N–H and O–H groups in total. The molecular formula is C24H25ClF2O. The highest BCUT2D eigenvalue weighted by atomic mass is 35.5. The predicted molar refractivity (Wildman–Crippen MR) is 110 cm³/mol. The minimum Gasteiger partial charge on any atom is -0.385 e. The van der Waals surface area contributed by atoms with E-state index in [-0.39, 0.29) is 11.5 Å². The number of ether oxygens (including phenoxy) is 1. The van der Waals surface area contributed by atoms with E-state index < -0.39 is 11.6 Å². The molecule has 28 heavy (non-hydrogen) atoms. The highest BCUT2D eigenvalue weighted by molar-refractivity contribution is 6.30. The van der Waals surface area contributed by atoms with Crippen LogP contribution in [0.2, 0.25) is 5.02 Å². The van der Waals surface area contributed by atoms with Crippen molar-refractivity contribution >= 4 is 11.6 Å². The number of benzene rings is 2. The summed E-state index contributed by atoms with van der Waals surface area (Å²) in [4.78, 5) is 0. The molecule has 0 unspecified atom stereocenters. The van der Waals surface area contributed by atoms with E-state index in [1.807, 2.05) is 0 Å². The van der Waals surface area contributed by atoms with Crippen molar-refractivity contribution in [3.05, 3.63) is 69.7 Å². The lowest BCUT2D eigenvalue weighted by atomic mass is 9.77. The van der Waals surface area contributed by atoms with Gasteiger partial charge in [0.25, 0.3) is 0 Å². The minimum atomic E-state index is -0.585. The highest BCUT2D eigenvalue weighted by Crippen LogP contribution is 2.38. The number of rotatable bonds is 5.